The predicted molar refractivity (Wildman–Crippen MR) is 85.6 cm³/mol. The van der Waals surface area contributed by atoms with Gasteiger partial charge >= 0.3 is 5.69 Å². The van der Waals surface area contributed by atoms with Crippen LogP contribution in [0, 0.1) is 10.1 Å². The quantitative estimate of drug-likeness (QED) is 0.427. The molecular weight excluding hydrogens is 370 g/mol. The number of hydrogen-bond donors (Lipinski definition) is 3. The molecule has 0 saturated heterocycles. The Morgan fingerprint density at radius 1 is 1.30 bits per heavy atom. The molecule has 1 amide bonds. The number of phenolic OH excluding ortho intramolecular Hbond substituents is 2. The van der Waals surface area contributed by atoms with Gasteiger partial charge in [-0.05, 0) is 18.2 Å². The maximum absolute atomic E-state index is 11.8. The Labute approximate surface area is 138 Å². The summed E-state index contributed by atoms with van der Waals surface area (Å²) >= 11 is 3.08. The van der Waals surface area contributed by atoms with Crippen molar-refractivity contribution in [2.24, 2.45) is 5.10 Å². The van der Waals surface area contributed by atoms with Crippen LogP contribution in [0.5, 0.6) is 11.5 Å². The number of nitrogens with one attached hydrogen (secondary N) is 1. The first-order chi connectivity index (χ1) is 10.9. The molecule has 3 N–H and O–H groups in total. The van der Waals surface area contributed by atoms with Crippen LogP contribution >= 0.6 is 15.9 Å². The Morgan fingerprint density at radius 2 is 2.00 bits per heavy atom. The third-order valence-corrected chi connectivity index (χ3v) is 3.26. The summed E-state index contributed by atoms with van der Waals surface area (Å²) in [5.41, 5.74) is 1.73. The molecule has 0 fully saturated rings. The highest BCUT2D eigenvalue weighted by Gasteiger charge is 2.17. The molecule has 2 aromatic carbocycles. The Kier molecular flexibility index (Phi) is 4.91. The van der Waals surface area contributed by atoms with Gasteiger partial charge in [0.15, 0.2) is 0 Å². The summed E-state index contributed by atoms with van der Waals surface area (Å²) in [6.07, 6.45) is 1.06. The Morgan fingerprint density at radius 3 is 2.65 bits per heavy atom. The van der Waals surface area contributed by atoms with Gasteiger partial charge in [0, 0.05) is 16.1 Å². The number of benzene rings is 2. The van der Waals surface area contributed by atoms with E-state index in [1.807, 2.05) is 0 Å². The van der Waals surface area contributed by atoms with E-state index in [2.05, 4.69) is 26.5 Å². The average Bonchev–Trinajstić information content (AvgIpc) is 2.50. The number of rotatable bonds is 4. The molecule has 0 heterocycles. The van der Waals surface area contributed by atoms with Gasteiger partial charge in [-0.15, -0.1) is 0 Å². The number of aromatic hydroxyl groups is 2. The van der Waals surface area contributed by atoms with Crippen molar-refractivity contribution < 1.29 is 19.9 Å². The number of hydrazone groups is 1. The minimum atomic E-state index is -0.738. The van der Waals surface area contributed by atoms with Crippen molar-refractivity contribution in [2.45, 2.75) is 0 Å². The Hall–Kier alpha value is -2.94. The molecule has 0 bridgehead atoms. The van der Waals surface area contributed by atoms with Gasteiger partial charge in [-0.1, -0.05) is 28.1 Å². The monoisotopic (exact) mass is 379 g/mol. The van der Waals surface area contributed by atoms with Crippen LogP contribution in [0.4, 0.5) is 5.69 Å². The second-order valence-electron chi connectivity index (χ2n) is 4.34. The summed E-state index contributed by atoms with van der Waals surface area (Å²) in [5.74, 6) is -1.44. The molecule has 0 unspecified atom stereocenters. The van der Waals surface area contributed by atoms with Crippen LogP contribution in [0.1, 0.15) is 15.9 Å². The van der Waals surface area contributed by atoms with Gasteiger partial charge < -0.3 is 10.2 Å². The lowest BCUT2D eigenvalue weighted by atomic mass is 10.2. The zero-order valence-electron chi connectivity index (χ0n) is 11.4. The van der Waals surface area contributed by atoms with E-state index in [-0.39, 0.29) is 16.9 Å². The van der Waals surface area contributed by atoms with Crippen molar-refractivity contribution in [1.82, 2.24) is 5.43 Å². The second-order valence-corrected chi connectivity index (χ2v) is 5.25. The lowest BCUT2D eigenvalue weighted by Crippen LogP contribution is -2.17. The SMILES string of the molecule is O=C(N/N=C/c1cc(Br)cc([N+](=O)[O-])c1O)c1ccccc1O. The minimum Gasteiger partial charge on any atom is -0.507 e. The van der Waals surface area contributed by atoms with E-state index in [1.165, 1.54) is 18.2 Å². The summed E-state index contributed by atoms with van der Waals surface area (Å²) in [7, 11) is 0. The van der Waals surface area contributed by atoms with Crippen molar-refractivity contribution >= 4 is 33.7 Å². The van der Waals surface area contributed by atoms with Crippen LogP contribution in [0.25, 0.3) is 0 Å². The fourth-order valence-electron chi connectivity index (χ4n) is 1.73. The number of halogens is 1. The van der Waals surface area contributed by atoms with Crippen LogP contribution in [-0.4, -0.2) is 27.3 Å². The smallest absolute Gasteiger partial charge is 0.312 e. The number of carbonyl (C=O) groups is 1. The summed E-state index contributed by atoms with van der Waals surface area (Å²) < 4.78 is 0.371. The van der Waals surface area contributed by atoms with Crippen molar-refractivity contribution in [3.05, 3.63) is 62.1 Å². The number of carbonyl (C=O) groups excluding carboxylic acids is 1. The molecule has 0 spiro atoms. The molecule has 0 aliphatic rings. The molecule has 0 atom stereocenters. The van der Waals surface area contributed by atoms with Gasteiger partial charge in [-0.2, -0.15) is 5.10 Å². The first-order valence-corrected chi connectivity index (χ1v) is 6.97. The zero-order valence-corrected chi connectivity index (χ0v) is 13.0. The van der Waals surface area contributed by atoms with E-state index in [0.717, 1.165) is 12.3 Å². The van der Waals surface area contributed by atoms with Crippen LogP contribution in [0.3, 0.4) is 0 Å². The number of para-hydroxylation sites is 1. The highest BCUT2D eigenvalue weighted by atomic mass is 79.9. The lowest BCUT2D eigenvalue weighted by Gasteiger charge is -2.03. The molecule has 2 aromatic rings. The van der Waals surface area contributed by atoms with E-state index in [4.69, 9.17) is 0 Å². The van der Waals surface area contributed by atoms with E-state index in [1.54, 1.807) is 12.1 Å². The van der Waals surface area contributed by atoms with E-state index < -0.39 is 22.3 Å². The first kappa shape index (κ1) is 16.4. The fourth-order valence-corrected chi connectivity index (χ4v) is 2.19. The molecule has 0 radical (unpaired) electrons. The Bertz CT molecular complexity index is 807. The molecule has 118 valence electrons. The molecule has 8 nitrogen and oxygen atoms in total. The molecular formula is C14H10BrN3O5. The van der Waals surface area contributed by atoms with Crippen LogP contribution in [0.2, 0.25) is 0 Å². The van der Waals surface area contributed by atoms with E-state index >= 15 is 0 Å². The first-order valence-electron chi connectivity index (χ1n) is 6.18. The minimum absolute atomic E-state index is 0.0223. The maximum atomic E-state index is 11.8. The third-order valence-electron chi connectivity index (χ3n) is 2.80. The number of nitro groups is 1. The second kappa shape index (κ2) is 6.88. The molecule has 0 aliphatic carbocycles. The van der Waals surface area contributed by atoms with Gasteiger partial charge in [0.05, 0.1) is 16.7 Å². The largest absolute Gasteiger partial charge is 0.507 e. The van der Waals surface area contributed by atoms with Crippen LogP contribution in [-0.2, 0) is 0 Å². The number of amides is 1. The number of nitrogens with zero attached hydrogens (tertiary/aromatic N) is 2. The lowest BCUT2D eigenvalue weighted by molar-refractivity contribution is -0.385. The standard InChI is InChI=1S/C14H10BrN3O5/c15-9-5-8(13(20)11(6-9)18(22)23)7-16-17-14(21)10-3-1-2-4-12(10)19/h1-7,19-20H,(H,17,21)/b16-7+. The van der Waals surface area contributed by atoms with Gasteiger partial charge in [0.2, 0.25) is 5.75 Å². The van der Waals surface area contributed by atoms with Crippen molar-refractivity contribution in [3.8, 4) is 11.5 Å². The molecule has 0 aliphatic heterocycles. The van der Waals surface area contributed by atoms with E-state index in [0.29, 0.717) is 4.47 Å². The molecule has 2 rings (SSSR count). The third kappa shape index (κ3) is 3.83. The summed E-state index contributed by atoms with van der Waals surface area (Å²) in [4.78, 5) is 21.9. The van der Waals surface area contributed by atoms with E-state index in [9.17, 15) is 25.1 Å². The maximum Gasteiger partial charge on any atom is 0.312 e. The molecule has 0 saturated carbocycles. The number of phenols is 2. The average molecular weight is 380 g/mol. The van der Waals surface area contributed by atoms with Gasteiger partial charge in [-0.3, -0.25) is 14.9 Å². The molecule has 23 heavy (non-hydrogen) atoms. The van der Waals surface area contributed by atoms with Gasteiger partial charge in [0.25, 0.3) is 5.91 Å². The van der Waals surface area contributed by atoms with Gasteiger partial charge in [-0.25, -0.2) is 5.43 Å². The number of hydrogen-bond acceptors (Lipinski definition) is 6. The summed E-state index contributed by atoms with van der Waals surface area (Å²) in [6, 6.07) is 8.44. The highest BCUT2D eigenvalue weighted by molar-refractivity contribution is 9.10. The predicted octanol–water partition coefficient (Wildman–Crippen LogP) is 2.53. The molecule has 0 aromatic heterocycles. The van der Waals surface area contributed by atoms with Crippen LogP contribution in [0.15, 0.2) is 46.0 Å². The van der Waals surface area contributed by atoms with Gasteiger partial charge in [0.1, 0.15) is 5.75 Å². The summed E-state index contributed by atoms with van der Waals surface area (Å²) in [5, 5.41) is 33.8. The van der Waals surface area contributed by atoms with Crippen LogP contribution < -0.4 is 5.43 Å². The van der Waals surface area contributed by atoms with Crippen molar-refractivity contribution in [3.63, 3.8) is 0 Å². The molecule has 9 heteroatoms. The highest BCUT2D eigenvalue weighted by Crippen LogP contribution is 2.32. The fraction of sp³-hybridized carbons (Fsp3) is 0. The van der Waals surface area contributed by atoms with Crippen molar-refractivity contribution in [2.75, 3.05) is 0 Å². The Balaban J connectivity index is 2.20. The zero-order chi connectivity index (χ0) is 17.0. The topological polar surface area (TPSA) is 125 Å². The number of nitro benzene ring substituents is 1. The normalized spacial score (nSPS) is 10.7. The summed E-state index contributed by atoms with van der Waals surface area (Å²) in [6.45, 7) is 0. The van der Waals surface area contributed by atoms with Crippen molar-refractivity contribution in [1.29, 1.82) is 0 Å².